The number of nitrogens with one attached hydrogen (secondary N) is 1. The SMILES string of the molecule is COc1c(C)cc(Br)cc1C(=O)Nc1cc(-c2nc3cc(Cl)ccc3o2)ccc1Cl. The lowest BCUT2D eigenvalue weighted by Gasteiger charge is -2.13. The normalized spacial score (nSPS) is 11.0. The Balaban J connectivity index is 1.69. The quantitative estimate of drug-likeness (QED) is 0.320. The van der Waals surface area contributed by atoms with Gasteiger partial charge >= 0.3 is 0 Å². The van der Waals surface area contributed by atoms with Gasteiger partial charge in [0, 0.05) is 15.1 Å². The third-order valence-electron chi connectivity index (χ3n) is 4.50. The van der Waals surface area contributed by atoms with Gasteiger partial charge in [-0.25, -0.2) is 4.98 Å². The number of rotatable bonds is 4. The summed E-state index contributed by atoms with van der Waals surface area (Å²) in [5.41, 5.74) is 3.58. The van der Waals surface area contributed by atoms with Gasteiger partial charge in [0.05, 0.1) is 23.4 Å². The Morgan fingerprint density at radius 2 is 1.93 bits per heavy atom. The van der Waals surface area contributed by atoms with Crippen LogP contribution in [0.3, 0.4) is 0 Å². The highest BCUT2D eigenvalue weighted by atomic mass is 79.9. The van der Waals surface area contributed by atoms with E-state index in [0.717, 1.165) is 10.0 Å². The van der Waals surface area contributed by atoms with Crippen molar-refractivity contribution in [2.24, 2.45) is 0 Å². The van der Waals surface area contributed by atoms with Crippen LogP contribution in [0.5, 0.6) is 5.75 Å². The molecule has 1 aromatic heterocycles. The Hall–Kier alpha value is -2.54. The molecule has 1 N–H and O–H groups in total. The smallest absolute Gasteiger partial charge is 0.259 e. The fourth-order valence-electron chi connectivity index (χ4n) is 3.14. The van der Waals surface area contributed by atoms with E-state index in [1.807, 2.05) is 13.0 Å². The second kappa shape index (κ2) is 8.30. The van der Waals surface area contributed by atoms with Gasteiger partial charge in [-0.15, -0.1) is 0 Å². The summed E-state index contributed by atoms with van der Waals surface area (Å²) >= 11 is 15.8. The first-order chi connectivity index (χ1) is 14.4. The van der Waals surface area contributed by atoms with Crippen LogP contribution in [-0.4, -0.2) is 18.0 Å². The van der Waals surface area contributed by atoms with E-state index < -0.39 is 0 Å². The predicted molar refractivity (Wildman–Crippen MR) is 123 cm³/mol. The van der Waals surface area contributed by atoms with Gasteiger partial charge in [-0.05, 0) is 61.0 Å². The van der Waals surface area contributed by atoms with Gasteiger partial charge in [0.25, 0.3) is 5.91 Å². The average molecular weight is 506 g/mol. The minimum atomic E-state index is -0.348. The number of carbonyl (C=O) groups excluding carboxylic acids is 1. The number of benzene rings is 3. The molecule has 0 bridgehead atoms. The first kappa shape index (κ1) is 20.7. The number of anilines is 1. The van der Waals surface area contributed by atoms with Gasteiger partial charge < -0.3 is 14.5 Å². The number of aromatic nitrogens is 1. The van der Waals surface area contributed by atoms with Gasteiger partial charge in [0.2, 0.25) is 5.89 Å². The molecule has 0 spiro atoms. The first-order valence-corrected chi connectivity index (χ1v) is 10.4. The molecule has 0 aliphatic heterocycles. The van der Waals surface area contributed by atoms with Crippen LogP contribution in [0.1, 0.15) is 15.9 Å². The Kier molecular flexibility index (Phi) is 5.73. The van der Waals surface area contributed by atoms with E-state index in [9.17, 15) is 4.79 Å². The first-order valence-electron chi connectivity index (χ1n) is 8.87. The average Bonchev–Trinajstić information content (AvgIpc) is 3.12. The largest absolute Gasteiger partial charge is 0.496 e. The standard InChI is InChI=1S/C22H15BrCl2N2O3/c1-11-7-13(23)9-15(20(11)29-2)21(28)26-17-8-12(3-5-16(17)25)22-27-18-10-14(24)4-6-19(18)30-22/h3-10H,1-2H3,(H,26,28). The third-order valence-corrected chi connectivity index (χ3v) is 5.52. The Bertz CT molecular complexity index is 1290. The molecular weight excluding hydrogens is 491 g/mol. The monoisotopic (exact) mass is 504 g/mol. The summed E-state index contributed by atoms with van der Waals surface area (Å²) in [5, 5.41) is 3.81. The van der Waals surface area contributed by atoms with E-state index in [1.54, 1.807) is 42.5 Å². The van der Waals surface area contributed by atoms with Gasteiger partial charge in [0.1, 0.15) is 11.3 Å². The van der Waals surface area contributed by atoms with Crippen LogP contribution >= 0.6 is 39.1 Å². The number of hydrogen-bond donors (Lipinski definition) is 1. The fourth-order valence-corrected chi connectivity index (χ4v) is 4.04. The van der Waals surface area contributed by atoms with Crippen LogP contribution in [0.25, 0.3) is 22.6 Å². The molecule has 1 amide bonds. The molecule has 0 atom stereocenters. The molecular formula is C22H15BrCl2N2O3. The number of halogens is 3. The van der Waals surface area contributed by atoms with E-state index in [4.69, 9.17) is 32.4 Å². The summed E-state index contributed by atoms with van der Waals surface area (Å²) in [6.45, 7) is 1.87. The number of fused-ring (bicyclic) bond motifs is 1. The van der Waals surface area contributed by atoms with Crippen molar-refractivity contribution < 1.29 is 13.9 Å². The van der Waals surface area contributed by atoms with Crippen LogP contribution in [-0.2, 0) is 0 Å². The van der Waals surface area contributed by atoms with Crippen molar-refractivity contribution in [2.45, 2.75) is 6.92 Å². The molecule has 0 radical (unpaired) electrons. The van der Waals surface area contributed by atoms with Crippen molar-refractivity contribution in [1.29, 1.82) is 0 Å². The molecule has 4 aromatic rings. The van der Waals surface area contributed by atoms with E-state index in [-0.39, 0.29) is 5.91 Å². The maximum atomic E-state index is 13.0. The molecule has 4 rings (SSSR count). The van der Waals surface area contributed by atoms with E-state index in [0.29, 0.717) is 49.6 Å². The van der Waals surface area contributed by atoms with Gasteiger partial charge in [-0.1, -0.05) is 39.1 Å². The molecule has 0 saturated carbocycles. The molecule has 0 saturated heterocycles. The summed E-state index contributed by atoms with van der Waals surface area (Å²) in [7, 11) is 1.53. The Labute approximate surface area is 191 Å². The zero-order valence-corrected chi connectivity index (χ0v) is 19.0. The van der Waals surface area contributed by atoms with Crippen molar-refractivity contribution >= 4 is 61.8 Å². The number of methoxy groups -OCH3 is 1. The van der Waals surface area contributed by atoms with Crippen molar-refractivity contribution in [3.8, 4) is 17.2 Å². The Morgan fingerprint density at radius 1 is 1.13 bits per heavy atom. The molecule has 1 heterocycles. The topological polar surface area (TPSA) is 64.4 Å². The summed E-state index contributed by atoms with van der Waals surface area (Å²) in [5.74, 6) is 0.550. The highest BCUT2D eigenvalue weighted by Crippen LogP contribution is 2.33. The zero-order chi connectivity index (χ0) is 21.4. The fraction of sp³-hybridized carbons (Fsp3) is 0.0909. The van der Waals surface area contributed by atoms with Gasteiger partial charge in [-0.2, -0.15) is 0 Å². The lowest BCUT2D eigenvalue weighted by atomic mass is 10.1. The number of ether oxygens (including phenoxy) is 1. The van der Waals surface area contributed by atoms with Crippen molar-refractivity contribution in [3.63, 3.8) is 0 Å². The van der Waals surface area contributed by atoms with E-state index in [2.05, 4.69) is 26.2 Å². The molecule has 0 fully saturated rings. The van der Waals surface area contributed by atoms with E-state index >= 15 is 0 Å². The number of hydrogen-bond acceptors (Lipinski definition) is 4. The number of oxazole rings is 1. The summed E-state index contributed by atoms with van der Waals surface area (Å²) in [6.07, 6.45) is 0. The maximum Gasteiger partial charge on any atom is 0.259 e. The minimum absolute atomic E-state index is 0.348. The van der Waals surface area contributed by atoms with Gasteiger partial charge in [0.15, 0.2) is 5.58 Å². The van der Waals surface area contributed by atoms with Crippen LogP contribution in [0.15, 0.2) is 57.4 Å². The van der Waals surface area contributed by atoms with Gasteiger partial charge in [-0.3, -0.25) is 4.79 Å². The lowest BCUT2D eigenvalue weighted by molar-refractivity contribution is 0.102. The molecule has 0 aliphatic carbocycles. The number of nitrogens with zero attached hydrogens (tertiary/aromatic N) is 1. The highest BCUT2D eigenvalue weighted by molar-refractivity contribution is 9.10. The second-order valence-corrected chi connectivity index (χ2v) is 8.34. The molecule has 8 heteroatoms. The number of amides is 1. The predicted octanol–water partition coefficient (Wildman–Crippen LogP) is 7.13. The second-order valence-electron chi connectivity index (χ2n) is 6.58. The van der Waals surface area contributed by atoms with Crippen molar-refractivity contribution in [3.05, 3.63) is 74.2 Å². The minimum Gasteiger partial charge on any atom is -0.496 e. The zero-order valence-electron chi connectivity index (χ0n) is 15.9. The number of aryl methyl sites for hydroxylation is 1. The molecule has 0 aliphatic rings. The third kappa shape index (κ3) is 4.03. The number of carbonyl (C=O) groups is 1. The van der Waals surface area contributed by atoms with E-state index in [1.165, 1.54) is 7.11 Å². The molecule has 5 nitrogen and oxygen atoms in total. The van der Waals surface area contributed by atoms with Crippen LogP contribution in [0.2, 0.25) is 10.0 Å². The van der Waals surface area contributed by atoms with Crippen LogP contribution < -0.4 is 10.1 Å². The Morgan fingerprint density at radius 3 is 2.70 bits per heavy atom. The molecule has 3 aromatic carbocycles. The lowest BCUT2D eigenvalue weighted by Crippen LogP contribution is -2.14. The van der Waals surface area contributed by atoms with Crippen LogP contribution in [0, 0.1) is 6.92 Å². The summed E-state index contributed by atoms with van der Waals surface area (Å²) in [6, 6.07) is 14.0. The maximum absolute atomic E-state index is 13.0. The summed E-state index contributed by atoms with van der Waals surface area (Å²) in [4.78, 5) is 17.4. The molecule has 0 unspecified atom stereocenters. The van der Waals surface area contributed by atoms with Crippen molar-refractivity contribution in [2.75, 3.05) is 12.4 Å². The molecule has 152 valence electrons. The highest BCUT2D eigenvalue weighted by Gasteiger charge is 2.18. The van der Waals surface area contributed by atoms with Crippen molar-refractivity contribution in [1.82, 2.24) is 4.98 Å². The van der Waals surface area contributed by atoms with Crippen LogP contribution in [0.4, 0.5) is 5.69 Å². The molecule has 30 heavy (non-hydrogen) atoms. The summed E-state index contributed by atoms with van der Waals surface area (Å²) < 4.78 is 12.0.